The van der Waals surface area contributed by atoms with Crippen molar-refractivity contribution in [3.8, 4) is 5.75 Å². The Kier molecular flexibility index (Phi) is 8.08. The Bertz CT molecular complexity index is 1430. The molecule has 0 saturated carbocycles. The Labute approximate surface area is 241 Å². The molecule has 4 heterocycles. The smallest absolute Gasteiger partial charge is 0.409 e. The van der Waals surface area contributed by atoms with E-state index in [-0.39, 0.29) is 30.1 Å². The molecule has 2 aliphatic heterocycles. The fourth-order valence-electron chi connectivity index (χ4n) is 4.97. The van der Waals surface area contributed by atoms with E-state index in [1.807, 2.05) is 26.0 Å². The molecule has 1 saturated heterocycles. The molecule has 5 rings (SSSR count). The Hall–Kier alpha value is -3.48. The molecule has 0 unspecified atom stereocenters. The van der Waals surface area contributed by atoms with Crippen LogP contribution in [0.5, 0.6) is 5.75 Å². The molecule has 41 heavy (non-hydrogen) atoms. The van der Waals surface area contributed by atoms with Gasteiger partial charge in [-0.1, -0.05) is 19.6 Å². The molecular weight excluding hydrogens is 542 g/mol. The van der Waals surface area contributed by atoms with E-state index >= 15 is 0 Å². The third kappa shape index (κ3) is 6.88. The number of hydrogen-bond acceptors (Lipinski definition) is 8. The SMILES string of the molecule is CN(C[C@H]1OC[C@H](c2cc3c(cc2NC(=O)c2cnn4cccnc24)CC(C)(C)O3)CO1)C(=O)OCC[Si](C)(C)C. The molecule has 1 aromatic carbocycles. The molecule has 0 radical (unpaired) electrons. The Morgan fingerprint density at radius 1 is 1.22 bits per heavy atom. The lowest BCUT2D eigenvalue weighted by Gasteiger charge is -2.32. The molecule has 0 atom stereocenters. The van der Waals surface area contributed by atoms with Gasteiger partial charge in [-0.15, -0.1) is 0 Å². The highest BCUT2D eigenvalue weighted by Crippen LogP contribution is 2.41. The summed E-state index contributed by atoms with van der Waals surface area (Å²) >= 11 is 0. The summed E-state index contributed by atoms with van der Waals surface area (Å²) in [4.78, 5) is 31.6. The Morgan fingerprint density at radius 3 is 2.71 bits per heavy atom. The third-order valence-corrected chi connectivity index (χ3v) is 8.93. The Morgan fingerprint density at radius 2 is 1.98 bits per heavy atom. The van der Waals surface area contributed by atoms with Crippen molar-refractivity contribution in [1.29, 1.82) is 0 Å². The maximum absolute atomic E-state index is 13.4. The standard InChI is InChI=1S/C29H39N5O6Si/c1-29(2)14-19-12-23(32-27(35)22-15-31-34-9-7-8-30-26(22)34)21(13-24(19)40-29)20-17-38-25(39-18-20)16-33(3)28(36)37-10-11-41(4,5)6/h7-9,12-13,15,20,25H,10-11,14,16-18H2,1-6H3,(H,32,35)/t20-,25-. The summed E-state index contributed by atoms with van der Waals surface area (Å²) in [5.74, 6) is 0.335. The number of aromatic nitrogens is 3. The quantitative estimate of drug-likeness (QED) is 0.385. The predicted molar refractivity (Wildman–Crippen MR) is 156 cm³/mol. The van der Waals surface area contributed by atoms with E-state index in [1.54, 1.807) is 30.0 Å². The van der Waals surface area contributed by atoms with Crippen molar-refractivity contribution in [3.63, 3.8) is 0 Å². The number of ether oxygens (including phenoxy) is 4. The molecule has 2 amide bonds. The number of carbonyl (C=O) groups excluding carboxylic acids is 2. The zero-order chi connectivity index (χ0) is 29.4. The van der Waals surface area contributed by atoms with Gasteiger partial charge in [0.05, 0.1) is 32.6 Å². The minimum atomic E-state index is -1.29. The van der Waals surface area contributed by atoms with Gasteiger partial charge in [-0.2, -0.15) is 5.10 Å². The topological polar surface area (TPSA) is 117 Å². The first kappa shape index (κ1) is 29.0. The first-order valence-corrected chi connectivity index (χ1v) is 17.7. The van der Waals surface area contributed by atoms with Gasteiger partial charge in [0.1, 0.15) is 16.9 Å². The molecule has 2 aliphatic rings. The van der Waals surface area contributed by atoms with Gasteiger partial charge < -0.3 is 29.2 Å². The van der Waals surface area contributed by atoms with E-state index in [0.29, 0.717) is 36.7 Å². The van der Waals surface area contributed by atoms with Crippen molar-refractivity contribution >= 4 is 31.4 Å². The van der Waals surface area contributed by atoms with Gasteiger partial charge in [0.15, 0.2) is 11.9 Å². The molecule has 11 nitrogen and oxygen atoms in total. The van der Waals surface area contributed by atoms with E-state index < -0.39 is 14.4 Å². The van der Waals surface area contributed by atoms with E-state index in [4.69, 9.17) is 18.9 Å². The number of likely N-dealkylation sites (N-methyl/N-ethyl adjacent to an activating group) is 1. The third-order valence-electron chi connectivity index (χ3n) is 7.23. The van der Waals surface area contributed by atoms with Crippen LogP contribution in [0.15, 0.2) is 36.8 Å². The number of carbonyl (C=O) groups is 2. The van der Waals surface area contributed by atoms with Crippen molar-refractivity contribution < 1.29 is 28.5 Å². The number of nitrogens with one attached hydrogen (secondary N) is 1. The van der Waals surface area contributed by atoms with Crippen molar-refractivity contribution in [2.24, 2.45) is 0 Å². The molecular formula is C29H39N5O6Si. The summed E-state index contributed by atoms with van der Waals surface area (Å²) in [7, 11) is 0.392. The van der Waals surface area contributed by atoms with E-state index in [0.717, 1.165) is 29.3 Å². The van der Waals surface area contributed by atoms with E-state index in [9.17, 15) is 9.59 Å². The van der Waals surface area contributed by atoms with Crippen molar-refractivity contribution in [3.05, 3.63) is 53.5 Å². The first-order valence-electron chi connectivity index (χ1n) is 14.0. The monoisotopic (exact) mass is 581 g/mol. The average Bonchev–Trinajstić information content (AvgIpc) is 3.47. The van der Waals surface area contributed by atoms with Crippen LogP contribution in [0.1, 0.15) is 41.3 Å². The van der Waals surface area contributed by atoms with E-state index in [1.165, 1.54) is 11.1 Å². The van der Waals surface area contributed by atoms with Crippen LogP contribution in [-0.2, 0) is 20.6 Å². The van der Waals surface area contributed by atoms with Gasteiger partial charge in [0.2, 0.25) is 0 Å². The highest BCUT2D eigenvalue weighted by atomic mass is 28.3. The fraction of sp³-hybridized carbons (Fsp3) is 0.517. The van der Waals surface area contributed by atoms with Gasteiger partial charge in [0, 0.05) is 51.1 Å². The highest BCUT2D eigenvalue weighted by molar-refractivity contribution is 6.76. The second-order valence-electron chi connectivity index (χ2n) is 12.6. The molecule has 220 valence electrons. The minimum Gasteiger partial charge on any atom is -0.487 e. The van der Waals surface area contributed by atoms with Crippen molar-refractivity contribution in [1.82, 2.24) is 19.5 Å². The second-order valence-corrected chi connectivity index (χ2v) is 18.2. The first-order chi connectivity index (χ1) is 19.4. The molecule has 2 aromatic heterocycles. The van der Waals surface area contributed by atoms with Crippen molar-refractivity contribution in [2.45, 2.75) is 63.8 Å². The van der Waals surface area contributed by atoms with Crippen LogP contribution >= 0.6 is 0 Å². The van der Waals surface area contributed by atoms with Gasteiger partial charge in [-0.25, -0.2) is 14.3 Å². The second kappa shape index (κ2) is 11.4. The van der Waals surface area contributed by atoms with Crippen LogP contribution in [0.25, 0.3) is 5.65 Å². The van der Waals surface area contributed by atoms with Crippen LogP contribution < -0.4 is 10.1 Å². The normalized spacial score (nSPS) is 19.9. The summed E-state index contributed by atoms with van der Waals surface area (Å²) in [6.45, 7) is 12.2. The summed E-state index contributed by atoms with van der Waals surface area (Å²) in [6.07, 6.45) is 4.66. The molecule has 0 spiro atoms. The lowest BCUT2D eigenvalue weighted by Crippen LogP contribution is -2.41. The average molecular weight is 582 g/mol. The van der Waals surface area contributed by atoms with Gasteiger partial charge >= 0.3 is 6.09 Å². The number of anilines is 1. The molecule has 3 aromatic rings. The molecule has 0 aliphatic carbocycles. The number of hydrogen-bond donors (Lipinski definition) is 1. The number of rotatable bonds is 8. The van der Waals surface area contributed by atoms with Crippen LogP contribution in [0.3, 0.4) is 0 Å². The summed E-state index contributed by atoms with van der Waals surface area (Å²) < 4.78 is 25.3. The molecule has 0 bridgehead atoms. The van der Waals surface area contributed by atoms with Gasteiger partial charge in [-0.3, -0.25) is 4.79 Å². The molecule has 1 N–H and O–H groups in total. The number of fused-ring (bicyclic) bond motifs is 2. The molecule has 1 fully saturated rings. The summed E-state index contributed by atoms with van der Waals surface area (Å²) in [6, 6.07) is 6.63. The zero-order valence-corrected chi connectivity index (χ0v) is 25.6. The molecule has 12 heteroatoms. The fourth-order valence-corrected chi connectivity index (χ4v) is 5.68. The highest BCUT2D eigenvalue weighted by Gasteiger charge is 2.34. The number of amides is 2. The van der Waals surface area contributed by atoms with E-state index in [2.05, 4.69) is 35.0 Å². The number of nitrogens with zero attached hydrogens (tertiary/aromatic N) is 4. The lowest BCUT2D eigenvalue weighted by atomic mass is 9.94. The maximum atomic E-state index is 13.4. The minimum absolute atomic E-state index is 0.157. The van der Waals surface area contributed by atoms with Crippen LogP contribution in [0.2, 0.25) is 25.7 Å². The van der Waals surface area contributed by atoms with Crippen LogP contribution in [0.4, 0.5) is 10.5 Å². The summed E-state index contributed by atoms with van der Waals surface area (Å²) in [5, 5.41) is 7.32. The predicted octanol–water partition coefficient (Wildman–Crippen LogP) is 4.56. The lowest BCUT2D eigenvalue weighted by molar-refractivity contribution is -0.191. The zero-order valence-electron chi connectivity index (χ0n) is 24.6. The Balaban J connectivity index is 1.27. The van der Waals surface area contributed by atoms with Gasteiger partial charge in [-0.05, 0) is 43.7 Å². The van der Waals surface area contributed by atoms with Crippen molar-refractivity contribution in [2.75, 3.05) is 38.7 Å². The maximum Gasteiger partial charge on any atom is 0.409 e. The largest absolute Gasteiger partial charge is 0.487 e. The summed E-state index contributed by atoms with van der Waals surface area (Å²) in [5.41, 5.74) is 3.07. The van der Waals surface area contributed by atoms with Crippen LogP contribution in [0, 0.1) is 0 Å². The van der Waals surface area contributed by atoms with Crippen LogP contribution in [-0.4, -0.2) is 84.9 Å². The number of benzene rings is 1. The van der Waals surface area contributed by atoms with Gasteiger partial charge in [0.25, 0.3) is 5.91 Å².